The molecule has 0 aliphatic heterocycles. The van der Waals surface area contributed by atoms with Gasteiger partial charge in [0.05, 0.1) is 6.04 Å². The van der Waals surface area contributed by atoms with Gasteiger partial charge >= 0.3 is 0 Å². The molecule has 0 saturated heterocycles. The highest BCUT2D eigenvalue weighted by atomic mass is 32.2. The van der Waals surface area contributed by atoms with Crippen LogP contribution in [0.1, 0.15) is 50.1 Å². The number of hydrogen-bond donors (Lipinski definition) is 1. The molecule has 2 heterocycles. The van der Waals surface area contributed by atoms with Crippen LogP contribution in [0, 0.1) is 13.8 Å². The average molecular weight is 313 g/mol. The molecule has 0 aromatic carbocycles. The smallest absolute Gasteiger partial charge is 0.246 e. The molecule has 1 N–H and O–H groups in total. The van der Waals surface area contributed by atoms with Gasteiger partial charge in [-0.25, -0.2) is 13.1 Å². The predicted octanol–water partition coefficient (Wildman–Crippen LogP) is 1.50. The Morgan fingerprint density at radius 1 is 1.29 bits per heavy atom. The van der Waals surface area contributed by atoms with E-state index in [1.54, 1.807) is 27.1 Å². The third kappa shape index (κ3) is 2.98. The minimum absolute atomic E-state index is 0.0740. The second-order valence-electron chi connectivity index (χ2n) is 5.19. The molecule has 0 spiro atoms. The molecule has 0 amide bonds. The lowest BCUT2D eigenvalue weighted by molar-refractivity contribution is 0.390. The molecule has 2 aromatic heterocycles. The van der Waals surface area contributed by atoms with Crippen LogP contribution in [0.5, 0.6) is 0 Å². The van der Waals surface area contributed by atoms with E-state index in [1.807, 2.05) is 18.4 Å². The lowest BCUT2D eigenvalue weighted by Crippen LogP contribution is -2.29. The maximum Gasteiger partial charge on any atom is 0.246 e. The Bertz CT molecular complexity index is 712. The van der Waals surface area contributed by atoms with E-state index in [9.17, 15) is 8.42 Å². The maximum absolute atomic E-state index is 12.5. The van der Waals surface area contributed by atoms with E-state index in [4.69, 9.17) is 4.52 Å². The Kier molecular flexibility index (Phi) is 4.15. The highest BCUT2D eigenvalue weighted by Gasteiger charge is 2.28. The SMILES string of the molecule is Cc1noc(C)c1S(=O)(=O)N[C@H](C)c1nncn1C(C)C. The predicted molar refractivity (Wildman–Crippen MR) is 75.1 cm³/mol. The Morgan fingerprint density at radius 2 is 1.95 bits per heavy atom. The van der Waals surface area contributed by atoms with Crippen molar-refractivity contribution in [2.45, 2.75) is 51.6 Å². The van der Waals surface area contributed by atoms with E-state index in [0.717, 1.165) is 0 Å². The first-order valence-corrected chi connectivity index (χ1v) is 8.07. The summed E-state index contributed by atoms with van der Waals surface area (Å²) in [5, 5.41) is 11.5. The van der Waals surface area contributed by atoms with Gasteiger partial charge in [0.1, 0.15) is 16.9 Å². The lowest BCUT2D eigenvalue weighted by atomic mass is 10.3. The van der Waals surface area contributed by atoms with Gasteiger partial charge in [-0.2, -0.15) is 0 Å². The summed E-state index contributed by atoms with van der Waals surface area (Å²) in [4.78, 5) is 0.0740. The molecular formula is C12H19N5O3S. The highest BCUT2D eigenvalue weighted by Crippen LogP contribution is 2.22. The van der Waals surface area contributed by atoms with Crippen LogP contribution in [0.15, 0.2) is 15.7 Å². The Hall–Kier alpha value is -1.74. The zero-order valence-corrected chi connectivity index (χ0v) is 13.5. The summed E-state index contributed by atoms with van der Waals surface area (Å²) < 4.78 is 34.2. The van der Waals surface area contributed by atoms with Crippen molar-refractivity contribution in [2.24, 2.45) is 0 Å². The average Bonchev–Trinajstić information content (AvgIpc) is 2.95. The van der Waals surface area contributed by atoms with E-state index in [2.05, 4.69) is 20.1 Å². The number of hydrogen-bond acceptors (Lipinski definition) is 6. The molecule has 2 aromatic rings. The number of rotatable bonds is 5. The summed E-state index contributed by atoms with van der Waals surface area (Å²) in [6.45, 7) is 8.82. The third-order valence-corrected chi connectivity index (χ3v) is 4.90. The molecule has 0 aliphatic carbocycles. The monoisotopic (exact) mass is 313 g/mol. The summed E-state index contributed by atoms with van der Waals surface area (Å²) in [6, 6.07) is -0.380. The number of nitrogens with one attached hydrogen (secondary N) is 1. The third-order valence-electron chi connectivity index (χ3n) is 3.11. The van der Waals surface area contributed by atoms with Gasteiger partial charge in [0, 0.05) is 6.04 Å². The molecular weight excluding hydrogens is 294 g/mol. The van der Waals surface area contributed by atoms with Crippen LogP contribution < -0.4 is 4.72 Å². The largest absolute Gasteiger partial charge is 0.360 e. The lowest BCUT2D eigenvalue weighted by Gasteiger charge is -2.16. The van der Waals surface area contributed by atoms with Gasteiger partial charge in [-0.05, 0) is 34.6 Å². The van der Waals surface area contributed by atoms with Crippen molar-refractivity contribution in [1.82, 2.24) is 24.6 Å². The van der Waals surface area contributed by atoms with Gasteiger partial charge < -0.3 is 9.09 Å². The fraction of sp³-hybridized carbons (Fsp3) is 0.583. The van der Waals surface area contributed by atoms with Crippen molar-refractivity contribution in [3.8, 4) is 0 Å². The van der Waals surface area contributed by atoms with Crippen LogP contribution >= 0.6 is 0 Å². The molecule has 0 bridgehead atoms. The van der Waals surface area contributed by atoms with E-state index in [1.165, 1.54) is 0 Å². The Balaban J connectivity index is 2.31. The van der Waals surface area contributed by atoms with Crippen LogP contribution in [0.25, 0.3) is 0 Å². The summed E-state index contributed by atoms with van der Waals surface area (Å²) >= 11 is 0. The number of sulfonamides is 1. The maximum atomic E-state index is 12.5. The molecule has 21 heavy (non-hydrogen) atoms. The van der Waals surface area contributed by atoms with Gasteiger partial charge in [-0.1, -0.05) is 5.16 Å². The molecule has 0 aliphatic rings. The first-order chi connectivity index (χ1) is 9.74. The minimum atomic E-state index is -3.73. The Morgan fingerprint density at radius 3 is 2.48 bits per heavy atom. The van der Waals surface area contributed by atoms with Gasteiger partial charge in [0.15, 0.2) is 11.6 Å². The molecule has 9 heteroatoms. The van der Waals surface area contributed by atoms with Crippen molar-refractivity contribution in [3.63, 3.8) is 0 Å². The summed E-state index contributed by atoms with van der Waals surface area (Å²) in [5.74, 6) is 0.817. The topological polar surface area (TPSA) is 103 Å². The van der Waals surface area contributed by atoms with E-state index in [0.29, 0.717) is 11.5 Å². The second kappa shape index (κ2) is 5.57. The highest BCUT2D eigenvalue weighted by molar-refractivity contribution is 7.89. The van der Waals surface area contributed by atoms with Crippen molar-refractivity contribution in [1.29, 1.82) is 0 Å². The van der Waals surface area contributed by atoms with Crippen molar-refractivity contribution in [2.75, 3.05) is 0 Å². The van der Waals surface area contributed by atoms with Crippen LogP contribution in [0.4, 0.5) is 0 Å². The van der Waals surface area contributed by atoms with Crippen LogP contribution in [0.3, 0.4) is 0 Å². The number of aromatic nitrogens is 4. The summed E-state index contributed by atoms with van der Waals surface area (Å²) in [7, 11) is -3.73. The normalized spacial score (nSPS) is 13.8. The zero-order chi connectivity index (χ0) is 15.8. The van der Waals surface area contributed by atoms with E-state index < -0.39 is 16.1 Å². The second-order valence-corrected chi connectivity index (χ2v) is 6.84. The quantitative estimate of drug-likeness (QED) is 0.897. The van der Waals surface area contributed by atoms with Gasteiger partial charge in [0.25, 0.3) is 0 Å². The summed E-state index contributed by atoms with van der Waals surface area (Å²) in [6.07, 6.45) is 1.58. The van der Waals surface area contributed by atoms with Gasteiger partial charge in [-0.3, -0.25) is 0 Å². The first kappa shape index (κ1) is 15.6. The fourth-order valence-electron chi connectivity index (χ4n) is 2.16. The molecule has 8 nitrogen and oxygen atoms in total. The standard InChI is InChI=1S/C12H19N5O3S/c1-7(2)17-6-13-14-12(17)9(4)16-21(18,19)11-8(3)15-20-10(11)5/h6-7,9,16H,1-5H3/t9-/m1/s1. The minimum Gasteiger partial charge on any atom is -0.360 e. The molecule has 0 radical (unpaired) electrons. The molecule has 1 atom stereocenters. The van der Waals surface area contributed by atoms with Crippen molar-refractivity contribution < 1.29 is 12.9 Å². The van der Waals surface area contributed by atoms with Crippen LogP contribution in [-0.4, -0.2) is 28.3 Å². The van der Waals surface area contributed by atoms with Gasteiger partial charge in [-0.15, -0.1) is 10.2 Å². The fourth-order valence-corrected chi connectivity index (χ4v) is 3.69. The van der Waals surface area contributed by atoms with Crippen LogP contribution in [0.2, 0.25) is 0 Å². The number of aryl methyl sites for hydroxylation is 2. The molecule has 2 rings (SSSR count). The molecule has 0 unspecified atom stereocenters. The van der Waals surface area contributed by atoms with E-state index in [-0.39, 0.29) is 16.7 Å². The molecule has 116 valence electrons. The summed E-state index contributed by atoms with van der Waals surface area (Å²) in [5.41, 5.74) is 0.331. The zero-order valence-electron chi connectivity index (χ0n) is 12.7. The van der Waals surface area contributed by atoms with Gasteiger partial charge in [0.2, 0.25) is 10.0 Å². The van der Waals surface area contributed by atoms with Crippen molar-refractivity contribution in [3.05, 3.63) is 23.6 Å². The first-order valence-electron chi connectivity index (χ1n) is 6.58. The van der Waals surface area contributed by atoms with Crippen molar-refractivity contribution >= 4 is 10.0 Å². The molecule has 0 saturated carbocycles. The number of nitrogens with zero attached hydrogens (tertiary/aromatic N) is 4. The Labute approximate surface area is 123 Å². The van der Waals surface area contributed by atoms with E-state index >= 15 is 0 Å². The molecule has 0 fully saturated rings. The van der Waals surface area contributed by atoms with Crippen LogP contribution in [-0.2, 0) is 10.0 Å².